The van der Waals surface area contributed by atoms with Crippen LogP contribution in [0.15, 0.2) is 24.3 Å². The molecular formula is C15H17N3O3. The number of nitrogens with one attached hydrogen (secondary N) is 2. The highest BCUT2D eigenvalue weighted by molar-refractivity contribution is 5.94. The molecule has 1 saturated carbocycles. The predicted molar refractivity (Wildman–Crippen MR) is 76.8 cm³/mol. The number of carbonyl (C=O) groups is 2. The number of anilines is 1. The molecule has 110 valence electrons. The summed E-state index contributed by atoms with van der Waals surface area (Å²) in [7, 11) is 0. The zero-order chi connectivity index (χ0) is 15.3. The SMILES string of the molecule is N#Cc1cccc(NC(=O)NC2(C(=O)O)CCCCC2)c1. The molecule has 2 rings (SSSR count). The van der Waals surface area contributed by atoms with Crippen LogP contribution in [-0.2, 0) is 4.79 Å². The number of carbonyl (C=O) groups excluding carboxylic acids is 1. The lowest BCUT2D eigenvalue weighted by atomic mass is 9.82. The maximum Gasteiger partial charge on any atom is 0.329 e. The molecule has 1 aromatic rings. The van der Waals surface area contributed by atoms with Gasteiger partial charge in [0.2, 0.25) is 0 Å². The summed E-state index contributed by atoms with van der Waals surface area (Å²) < 4.78 is 0. The van der Waals surface area contributed by atoms with Crippen molar-refractivity contribution < 1.29 is 14.7 Å². The lowest BCUT2D eigenvalue weighted by molar-refractivity contribution is -0.145. The first-order valence-electron chi connectivity index (χ1n) is 6.88. The van der Waals surface area contributed by atoms with Crippen LogP contribution < -0.4 is 10.6 Å². The number of carboxylic acid groups (broad SMARTS) is 1. The number of hydrogen-bond acceptors (Lipinski definition) is 3. The Labute approximate surface area is 122 Å². The fourth-order valence-electron chi connectivity index (χ4n) is 2.59. The maximum atomic E-state index is 12.0. The molecule has 1 aliphatic rings. The summed E-state index contributed by atoms with van der Waals surface area (Å²) in [5, 5.41) is 23.4. The average Bonchev–Trinajstić information content (AvgIpc) is 2.48. The van der Waals surface area contributed by atoms with E-state index in [1.165, 1.54) is 6.07 Å². The van der Waals surface area contributed by atoms with Gasteiger partial charge in [0.1, 0.15) is 5.54 Å². The summed E-state index contributed by atoms with van der Waals surface area (Å²) >= 11 is 0. The first-order chi connectivity index (χ1) is 10.1. The third-order valence-corrected chi connectivity index (χ3v) is 3.72. The van der Waals surface area contributed by atoms with Crippen molar-refractivity contribution >= 4 is 17.7 Å². The van der Waals surface area contributed by atoms with Crippen LogP contribution in [0.2, 0.25) is 0 Å². The molecule has 0 heterocycles. The van der Waals surface area contributed by atoms with E-state index >= 15 is 0 Å². The summed E-state index contributed by atoms with van der Waals surface area (Å²) in [5.74, 6) is -0.997. The minimum absolute atomic E-state index is 0.429. The van der Waals surface area contributed by atoms with E-state index in [1.807, 2.05) is 6.07 Å². The number of nitriles is 1. The second-order valence-corrected chi connectivity index (χ2v) is 5.22. The van der Waals surface area contributed by atoms with Crippen molar-refractivity contribution in [1.29, 1.82) is 5.26 Å². The van der Waals surface area contributed by atoms with Crippen molar-refractivity contribution in [2.45, 2.75) is 37.6 Å². The summed E-state index contributed by atoms with van der Waals surface area (Å²) in [5.41, 5.74) is -0.295. The summed E-state index contributed by atoms with van der Waals surface area (Å²) in [4.78, 5) is 23.5. The molecule has 1 aromatic carbocycles. The van der Waals surface area contributed by atoms with Gasteiger partial charge in [-0.1, -0.05) is 25.3 Å². The quantitative estimate of drug-likeness (QED) is 0.794. The molecule has 21 heavy (non-hydrogen) atoms. The van der Waals surface area contributed by atoms with Crippen LogP contribution in [0.1, 0.15) is 37.7 Å². The molecule has 0 radical (unpaired) electrons. The van der Waals surface area contributed by atoms with Gasteiger partial charge in [-0.05, 0) is 31.0 Å². The van der Waals surface area contributed by atoms with E-state index in [-0.39, 0.29) is 0 Å². The van der Waals surface area contributed by atoms with Gasteiger partial charge < -0.3 is 15.7 Å². The molecular weight excluding hydrogens is 270 g/mol. The summed E-state index contributed by atoms with van der Waals surface area (Å²) in [6.45, 7) is 0. The zero-order valence-electron chi connectivity index (χ0n) is 11.6. The van der Waals surface area contributed by atoms with Crippen LogP contribution in [0.5, 0.6) is 0 Å². The van der Waals surface area contributed by atoms with Crippen molar-refractivity contribution in [2.75, 3.05) is 5.32 Å². The molecule has 0 aliphatic heterocycles. The highest BCUT2D eigenvalue weighted by atomic mass is 16.4. The van der Waals surface area contributed by atoms with Gasteiger partial charge in [0.05, 0.1) is 11.6 Å². The minimum atomic E-state index is -1.19. The van der Waals surface area contributed by atoms with Crippen molar-refractivity contribution in [3.63, 3.8) is 0 Å². The molecule has 0 unspecified atom stereocenters. The van der Waals surface area contributed by atoms with Gasteiger partial charge in [-0.25, -0.2) is 9.59 Å². The number of aliphatic carboxylic acids is 1. The fraction of sp³-hybridized carbons (Fsp3) is 0.400. The summed E-state index contributed by atoms with van der Waals surface area (Å²) in [6, 6.07) is 7.89. The van der Waals surface area contributed by atoms with Crippen LogP contribution in [0.25, 0.3) is 0 Å². The number of hydrogen-bond donors (Lipinski definition) is 3. The Hall–Kier alpha value is -2.55. The summed E-state index contributed by atoms with van der Waals surface area (Å²) in [6.07, 6.45) is 3.44. The standard InChI is InChI=1S/C15H17N3O3/c16-10-11-5-4-6-12(9-11)17-14(21)18-15(13(19)20)7-2-1-3-8-15/h4-6,9H,1-3,7-8H2,(H,19,20)(H2,17,18,21). The molecule has 1 fully saturated rings. The highest BCUT2D eigenvalue weighted by Crippen LogP contribution is 2.28. The van der Waals surface area contributed by atoms with Gasteiger partial charge in [0.15, 0.2) is 0 Å². The lowest BCUT2D eigenvalue weighted by Gasteiger charge is -2.33. The fourth-order valence-corrected chi connectivity index (χ4v) is 2.59. The second-order valence-electron chi connectivity index (χ2n) is 5.22. The molecule has 0 bridgehead atoms. The highest BCUT2D eigenvalue weighted by Gasteiger charge is 2.40. The average molecular weight is 287 g/mol. The van der Waals surface area contributed by atoms with Crippen molar-refractivity contribution in [2.24, 2.45) is 0 Å². The largest absolute Gasteiger partial charge is 0.480 e. The Bertz CT molecular complexity index is 586. The van der Waals surface area contributed by atoms with Gasteiger partial charge in [0.25, 0.3) is 0 Å². The van der Waals surface area contributed by atoms with Crippen LogP contribution >= 0.6 is 0 Å². The van der Waals surface area contributed by atoms with E-state index in [0.29, 0.717) is 24.1 Å². The monoisotopic (exact) mass is 287 g/mol. The van der Waals surface area contributed by atoms with E-state index in [4.69, 9.17) is 5.26 Å². The molecule has 0 spiro atoms. The van der Waals surface area contributed by atoms with Crippen LogP contribution in [0.4, 0.5) is 10.5 Å². The minimum Gasteiger partial charge on any atom is -0.480 e. The van der Waals surface area contributed by atoms with Gasteiger partial charge >= 0.3 is 12.0 Å². The third kappa shape index (κ3) is 3.51. The number of rotatable bonds is 3. The Morgan fingerprint density at radius 1 is 1.24 bits per heavy atom. The second kappa shape index (κ2) is 6.27. The first kappa shape index (κ1) is 14.9. The van der Waals surface area contributed by atoms with Gasteiger partial charge in [-0.2, -0.15) is 5.26 Å². The topological polar surface area (TPSA) is 102 Å². The molecule has 1 aliphatic carbocycles. The van der Waals surface area contributed by atoms with Gasteiger partial charge in [0, 0.05) is 5.69 Å². The Balaban J connectivity index is 2.06. The number of nitrogens with zero attached hydrogens (tertiary/aromatic N) is 1. The Kier molecular flexibility index (Phi) is 4.43. The van der Waals surface area contributed by atoms with Crippen LogP contribution in [-0.4, -0.2) is 22.6 Å². The molecule has 6 nitrogen and oxygen atoms in total. The Morgan fingerprint density at radius 3 is 2.57 bits per heavy atom. The number of amides is 2. The normalized spacial score (nSPS) is 16.5. The van der Waals surface area contributed by atoms with Crippen molar-refractivity contribution in [3.8, 4) is 6.07 Å². The first-order valence-corrected chi connectivity index (χ1v) is 6.88. The van der Waals surface area contributed by atoms with Crippen molar-refractivity contribution in [3.05, 3.63) is 29.8 Å². The van der Waals surface area contributed by atoms with Crippen molar-refractivity contribution in [1.82, 2.24) is 5.32 Å². The smallest absolute Gasteiger partial charge is 0.329 e. The molecule has 0 aromatic heterocycles. The van der Waals surface area contributed by atoms with Crippen LogP contribution in [0.3, 0.4) is 0 Å². The third-order valence-electron chi connectivity index (χ3n) is 3.72. The molecule has 2 amide bonds. The van der Waals surface area contributed by atoms with E-state index in [9.17, 15) is 14.7 Å². The molecule has 3 N–H and O–H groups in total. The number of benzene rings is 1. The zero-order valence-corrected chi connectivity index (χ0v) is 11.6. The predicted octanol–water partition coefficient (Wildman–Crippen LogP) is 2.47. The van der Waals surface area contributed by atoms with E-state index in [1.54, 1.807) is 18.2 Å². The van der Waals surface area contributed by atoms with E-state index in [0.717, 1.165) is 19.3 Å². The maximum absolute atomic E-state index is 12.0. The Morgan fingerprint density at radius 2 is 1.95 bits per heavy atom. The number of carboxylic acids is 1. The van der Waals surface area contributed by atoms with E-state index < -0.39 is 17.5 Å². The van der Waals surface area contributed by atoms with Gasteiger partial charge in [-0.3, -0.25) is 0 Å². The molecule has 6 heteroatoms. The van der Waals surface area contributed by atoms with E-state index in [2.05, 4.69) is 10.6 Å². The molecule has 0 atom stereocenters. The lowest BCUT2D eigenvalue weighted by Crippen LogP contribution is -2.56. The van der Waals surface area contributed by atoms with Crippen LogP contribution in [0, 0.1) is 11.3 Å². The molecule has 0 saturated heterocycles. The van der Waals surface area contributed by atoms with Gasteiger partial charge in [-0.15, -0.1) is 0 Å². The number of urea groups is 1.